The summed E-state index contributed by atoms with van der Waals surface area (Å²) in [7, 11) is 0. The number of hydrogen-bond acceptors (Lipinski definition) is 2. The number of nitrogens with one attached hydrogen (secondary N) is 1. The lowest BCUT2D eigenvalue weighted by atomic mass is 10.0. The van der Waals surface area contributed by atoms with Crippen LogP contribution in [0.5, 0.6) is 0 Å². The van der Waals surface area contributed by atoms with E-state index in [0.29, 0.717) is 19.5 Å². The fourth-order valence-corrected chi connectivity index (χ4v) is 3.84. The number of H-pyrrole nitrogens is 1. The number of amides is 2. The molecule has 1 aliphatic heterocycles. The lowest BCUT2D eigenvalue weighted by Gasteiger charge is -2.25. The number of hydrogen-bond donors (Lipinski definition) is 1. The van der Waals surface area contributed by atoms with Gasteiger partial charge in [-0.3, -0.25) is 9.59 Å². The van der Waals surface area contributed by atoms with Gasteiger partial charge in [-0.05, 0) is 30.9 Å². The number of fused-ring (bicyclic) bond motifs is 1. The van der Waals surface area contributed by atoms with Crippen molar-refractivity contribution in [1.82, 2.24) is 14.8 Å². The van der Waals surface area contributed by atoms with Crippen molar-refractivity contribution >= 4 is 22.7 Å². The van der Waals surface area contributed by atoms with Gasteiger partial charge in [0.25, 0.3) is 0 Å². The number of rotatable bonds is 5. The molecule has 1 aliphatic rings. The molecular weight excluding hydrogens is 326 g/mol. The number of para-hydroxylation sites is 1. The van der Waals surface area contributed by atoms with E-state index in [9.17, 15) is 9.59 Å². The Balaban J connectivity index is 1.62. The van der Waals surface area contributed by atoms with Crippen LogP contribution in [0, 0.1) is 5.92 Å². The highest BCUT2D eigenvalue weighted by atomic mass is 16.2. The average molecular weight is 355 g/mol. The normalized spacial score (nSPS) is 15.5. The lowest BCUT2D eigenvalue weighted by Crippen LogP contribution is -2.40. The zero-order chi connectivity index (χ0) is 18.5. The first-order valence-electron chi connectivity index (χ1n) is 9.75. The maximum atomic E-state index is 12.8. The Morgan fingerprint density at radius 1 is 1.04 bits per heavy atom. The molecule has 2 amide bonds. The summed E-state index contributed by atoms with van der Waals surface area (Å²) in [6.07, 6.45) is 4.96. The van der Waals surface area contributed by atoms with E-state index in [2.05, 4.69) is 18.8 Å². The maximum Gasteiger partial charge on any atom is 0.227 e. The summed E-state index contributed by atoms with van der Waals surface area (Å²) in [5.74, 6) is 0.510. The van der Waals surface area contributed by atoms with Crippen LogP contribution in [0.4, 0.5) is 0 Å². The molecule has 0 atom stereocenters. The SMILES string of the molecule is CCC(CC)C(=O)N1CCCN(C(=O)Cc2c[nH]c3ccccc23)CC1. The number of aromatic nitrogens is 1. The molecule has 5 nitrogen and oxygen atoms in total. The monoisotopic (exact) mass is 355 g/mol. The van der Waals surface area contributed by atoms with E-state index in [-0.39, 0.29) is 17.7 Å². The number of benzene rings is 1. The van der Waals surface area contributed by atoms with Crippen LogP contribution in [0.2, 0.25) is 0 Å². The van der Waals surface area contributed by atoms with Crippen LogP contribution in [-0.2, 0) is 16.0 Å². The molecule has 0 bridgehead atoms. The van der Waals surface area contributed by atoms with Crippen LogP contribution >= 0.6 is 0 Å². The van der Waals surface area contributed by atoms with Crippen molar-refractivity contribution in [2.24, 2.45) is 5.92 Å². The molecule has 3 rings (SSSR count). The van der Waals surface area contributed by atoms with Crippen molar-refractivity contribution < 1.29 is 9.59 Å². The zero-order valence-corrected chi connectivity index (χ0v) is 15.8. The van der Waals surface area contributed by atoms with Crippen molar-refractivity contribution in [3.63, 3.8) is 0 Å². The Hall–Kier alpha value is -2.30. The first-order valence-corrected chi connectivity index (χ1v) is 9.75. The first-order chi connectivity index (χ1) is 12.6. The van der Waals surface area contributed by atoms with Crippen molar-refractivity contribution in [3.8, 4) is 0 Å². The average Bonchev–Trinajstić information content (AvgIpc) is 2.90. The highest BCUT2D eigenvalue weighted by Crippen LogP contribution is 2.19. The molecule has 0 saturated carbocycles. The van der Waals surface area contributed by atoms with E-state index in [4.69, 9.17) is 0 Å². The summed E-state index contributed by atoms with van der Waals surface area (Å²) in [6, 6.07) is 8.06. The van der Waals surface area contributed by atoms with Gasteiger partial charge in [-0.25, -0.2) is 0 Å². The van der Waals surface area contributed by atoms with Crippen LogP contribution in [0.1, 0.15) is 38.7 Å². The smallest absolute Gasteiger partial charge is 0.227 e. The molecule has 140 valence electrons. The largest absolute Gasteiger partial charge is 0.361 e. The van der Waals surface area contributed by atoms with Crippen molar-refractivity contribution in [3.05, 3.63) is 36.0 Å². The predicted molar refractivity (Wildman–Crippen MR) is 104 cm³/mol. The standard InChI is InChI=1S/C21H29N3O2/c1-3-16(4-2)21(26)24-11-7-10-23(12-13-24)20(25)14-17-15-22-19-9-6-5-8-18(17)19/h5-6,8-9,15-16,22H,3-4,7,10-14H2,1-2H3. The summed E-state index contributed by atoms with van der Waals surface area (Å²) < 4.78 is 0. The third kappa shape index (κ3) is 3.92. The van der Waals surface area contributed by atoms with Crippen molar-refractivity contribution in [2.45, 2.75) is 39.5 Å². The Morgan fingerprint density at radius 3 is 2.50 bits per heavy atom. The quantitative estimate of drug-likeness (QED) is 0.895. The van der Waals surface area contributed by atoms with Gasteiger partial charge in [-0.2, -0.15) is 0 Å². The lowest BCUT2D eigenvalue weighted by molar-refractivity contribution is -0.136. The Bertz CT molecular complexity index is 763. The summed E-state index contributed by atoms with van der Waals surface area (Å²) in [6.45, 7) is 6.91. The van der Waals surface area contributed by atoms with E-state index >= 15 is 0 Å². The van der Waals surface area contributed by atoms with Gasteiger partial charge in [0.05, 0.1) is 6.42 Å². The molecule has 1 fully saturated rings. The van der Waals surface area contributed by atoms with Crippen molar-refractivity contribution in [2.75, 3.05) is 26.2 Å². The van der Waals surface area contributed by atoms with Crippen LogP contribution in [-0.4, -0.2) is 52.8 Å². The summed E-state index contributed by atoms with van der Waals surface area (Å²) >= 11 is 0. The third-order valence-corrected chi connectivity index (χ3v) is 5.51. The minimum atomic E-state index is 0.114. The van der Waals surface area contributed by atoms with Gasteiger partial charge in [-0.1, -0.05) is 32.0 Å². The molecule has 0 unspecified atom stereocenters. The van der Waals surface area contributed by atoms with Crippen LogP contribution in [0.25, 0.3) is 10.9 Å². The number of nitrogens with zero attached hydrogens (tertiary/aromatic N) is 2. The first kappa shape index (κ1) is 18.5. The molecule has 0 aliphatic carbocycles. The molecule has 2 aromatic rings. The van der Waals surface area contributed by atoms with E-state index < -0.39 is 0 Å². The number of aromatic amines is 1. The Kier molecular flexibility index (Phi) is 5.96. The summed E-state index contributed by atoms with van der Waals surface area (Å²) in [5.41, 5.74) is 2.10. The molecule has 0 spiro atoms. The highest BCUT2D eigenvalue weighted by molar-refractivity contribution is 5.89. The predicted octanol–water partition coefficient (Wildman–Crippen LogP) is 3.21. The van der Waals surface area contributed by atoms with Gasteiger partial charge >= 0.3 is 0 Å². The highest BCUT2D eigenvalue weighted by Gasteiger charge is 2.25. The van der Waals surface area contributed by atoms with Gasteiger partial charge in [-0.15, -0.1) is 0 Å². The molecule has 0 radical (unpaired) electrons. The number of carbonyl (C=O) groups is 2. The topological polar surface area (TPSA) is 56.4 Å². The second-order valence-corrected chi connectivity index (χ2v) is 7.11. The second-order valence-electron chi connectivity index (χ2n) is 7.11. The Labute approximate surface area is 155 Å². The summed E-state index contributed by atoms with van der Waals surface area (Å²) in [4.78, 5) is 32.5. The van der Waals surface area contributed by atoms with E-state index in [1.54, 1.807) is 0 Å². The van der Waals surface area contributed by atoms with E-state index in [1.807, 2.05) is 40.3 Å². The third-order valence-electron chi connectivity index (χ3n) is 5.51. The number of carbonyl (C=O) groups excluding carboxylic acids is 2. The minimum Gasteiger partial charge on any atom is -0.361 e. The van der Waals surface area contributed by atoms with Gasteiger partial charge in [0.1, 0.15) is 0 Å². The molecule has 1 aromatic heterocycles. The maximum absolute atomic E-state index is 12.8. The zero-order valence-electron chi connectivity index (χ0n) is 15.8. The molecule has 1 aromatic carbocycles. The second kappa shape index (κ2) is 8.39. The molecule has 1 N–H and O–H groups in total. The molecule has 1 saturated heterocycles. The fourth-order valence-electron chi connectivity index (χ4n) is 3.84. The molecular formula is C21H29N3O2. The van der Waals surface area contributed by atoms with E-state index in [0.717, 1.165) is 48.8 Å². The van der Waals surface area contributed by atoms with Crippen LogP contribution in [0.15, 0.2) is 30.5 Å². The van der Waals surface area contributed by atoms with Crippen LogP contribution < -0.4 is 0 Å². The van der Waals surface area contributed by atoms with Gasteiger partial charge < -0.3 is 14.8 Å². The molecule has 26 heavy (non-hydrogen) atoms. The van der Waals surface area contributed by atoms with Gasteiger partial charge in [0.2, 0.25) is 11.8 Å². The summed E-state index contributed by atoms with van der Waals surface area (Å²) in [5, 5.41) is 1.11. The van der Waals surface area contributed by atoms with Crippen molar-refractivity contribution in [1.29, 1.82) is 0 Å². The van der Waals surface area contributed by atoms with Gasteiger partial charge in [0, 0.05) is 49.2 Å². The van der Waals surface area contributed by atoms with Crippen LogP contribution in [0.3, 0.4) is 0 Å². The Morgan fingerprint density at radius 2 is 1.73 bits per heavy atom. The van der Waals surface area contributed by atoms with E-state index in [1.165, 1.54) is 0 Å². The van der Waals surface area contributed by atoms with Gasteiger partial charge in [0.15, 0.2) is 0 Å². The molecule has 5 heteroatoms. The minimum absolute atomic E-state index is 0.114. The fraction of sp³-hybridized carbons (Fsp3) is 0.524. The molecule has 2 heterocycles.